The van der Waals surface area contributed by atoms with Crippen molar-refractivity contribution < 1.29 is 32.7 Å². The lowest BCUT2D eigenvalue weighted by Gasteiger charge is -2.16. The number of carbonyl (C=O) groups excluding carboxylic acids is 2. The first-order chi connectivity index (χ1) is 15.4. The molecule has 1 unspecified atom stereocenters. The van der Waals surface area contributed by atoms with E-state index < -0.39 is 35.4 Å². The third kappa shape index (κ3) is 5.14. The fourth-order valence-corrected chi connectivity index (χ4v) is 4.50. The summed E-state index contributed by atoms with van der Waals surface area (Å²) >= 11 is 1.26. The van der Waals surface area contributed by atoms with Crippen molar-refractivity contribution in [1.82, 2.24) is 5.32 Å². The average molecular weight is 475 g/mol. The molecule has 172 valence electrons. The zero-order chi connectivity index (χ0) is 24.5. The normalized spacial score (nSPS) is 12.3. The summed E-state index contributed by atoms with van der Waals surface area (Å²) in [6, 6.07) is 9.45. The topological polar surface area (TPSA) is 83.5 Å². The van der Waals surface area contributed by atoms with Crippen LogP contribution in [0.3, 0.4) is 0 Å². The van der Waals surface area contributed by atoms with Crippen LogP contribution in [-0.4, -0.2) is 22.8 Å². The van der Waals surface area contributed by atoms with Crippen LogP contribution in [-0.2, 0) is 6.18 Å². The number of aryl methyl sites for hydroxylation is 2. The van der Waals surface area contributed by atoms with Crippen molar-refractivity contribution in [1.29, 1.82) is 0 Å². The number of nitrogens with one attached hydrogen (secondary N) is 1. The van der Waals surface area contributed by atoms with Crippen LogP contribution in [0.2, 0.25) is 0 Å². The van der Waals surface area contributed by atoms with Crippen LogP contribution in [0.5, 0.6) is 0 Å². The van der Waals surface area contributed by atoms with E-state index in [4.69, 9.17) is 5.11 Å². The Morgan fingerprint density at radius 1 is 0.879 bits per heavy atom. The van der Waals surface area contributed by atoms with Gasteiger partial charge in [0.1, 0.15) is 0 Å². The molecule has 0 aliphatic rings. The summed E-state index contributed by atoms with van der Waals surface area (Å²) in [7, 11) is 0. The smallest absolute Gasteiger partial charge is 0.416 e. The number of carbonyl (C=O) groups is 3. The summed E-state index contributed by atoms with van der Waals surface area (Å²) in [5.41, 5.74) is 0.312. The quantitative estimate of drug-likeness (QED) is 0.441. The minimum atomic E-state index is -4.51. The summed E-state index contributed by atoms with van der Waals surface area (Å²) < 4.78 is 38.5. The van der Waals surface area contributed by atoms with Gasteiger partial charge in [0.2, 0.25) is 0 Å². The molecule has 0 spiro atoms. The van der Waals surface area contributed by atoms with Gasteiger partial charge in [-0.1, -0.05) is 24.3 Å². The van der Waals surface area contributed by atoms with E-state index in [1.807, 2.05) is 0 Å². The van der Waals surface area contributed by atoms with Gasteiger partial charge < -0.3 is 10.4 Å². The molecule has 0 fully saturated rings. The van der Waals surface area contributed by atoms with Crippen molar-refractivity contribution >= 4 is 29.0 Å². The fraction of sp³-hybridized carbons (Fsp3) is 0.208. The van der Waals surface area contributed by atoms with E-state index in [2.05, 4.69) is 5.32 Å². The molecule has 3 aromatic rings. The summed E-state index contributed by atoms with van der Waals surface area (Å²) in [4.78, 5) is 38.4. The number of aromatic carboxylic acids is 1. The highest BCUT2D eigenvalue weighted by molar-refractivity contribution is 7.12. The largest absolute Gasteiger partial charge is 0.478 e. The summed E-state index contributed by atoms with van der Waals surface area (Å²) in [6.07, 6.45) is -4.51. The van der Waals surface area contributed by atoms with Crippen molar-refractivity contribution in [3.63, 3.8) is 0 Å². The maximum absolute atomic E-state index is 13.1. The van der Waals surface area contributed by atoms with Crippen molar-refractivity contribution in [3.05, 3.63) is 91.7 Å². The molecule has 3 rings (SSSR count). The lowest BCUT2D eigenvalue weighted by atomic mass is 9.97. The number of halogens is 3. The van der Waals surface area contributed by atoms with Crippen LogP contribution in [0, 0.1) is 13.8 Å². The number of thiophene rings is 1. The number of carboxylic acids is 1. The molecule has 0 aliphatic carbocycles. The number of alkyl halides is 3. The van der Waals surface area contributed by atoms with Gasteiger partial charge in [-0.3, -0.25) is 9.59 Å². The van der Waals surface area contributed by atoms with Crippen LogP contribution >= 0.6 is 11.3 Å². The van der Waals surface area contributed by atoms with Crippen molar-refractivity contribution in [3.8, 4) is 0 Å². The maximum atomic E-state index is 13.1. The number of hydrogen-bond acceptors (Lipinski definition) is 4. The molecule has 1 aromatic heterocycles. The molecule has 0 bridgehead atoms. The maximum Gasteiger partial charge on any atom is 0.416 e. The van der Waals surface area contributed by atoms with Crippen molar-refractivity contribution in [2.75, 3.05) is 0 Å². The first-order valence-electron chi connectivity index (χ1n) is 9.86. The fourth-order valence-electron chi connectivity index (χ4n) is 3.45. The molecule has 0 radical (unpaired) electrons. The molecule has 1 amide bonds. The molecule has 0 aliphatic heterocycles. The number of rotatable bonds is 6. The van der Waals surface area contributed by atoms with Gasteiger partial charge in [-0.2, -0.15) is 13.2 Å². The monoisotopic (exact) mass is 475 g/mol. The van der Waals surface area contributed by atoms with Gasteiger partial charge in [-0.25, -0.2) is 4.79 Å². The summed E-state index contributed by atoms with van der Waals surface area (Å²) in [5, 5.41) is 11.8. The minimum absolute atomic E-state index is 0.0512. The molecule has 9 heteroatoms. The van der Waals surface area contributed by atoms with Gasteiger partial charge in [0.25, 0.3) is 5.91 Å². The molecule has 5 nitrogen and oxygen atoms in total. The molecule has 1 heterocycles. The molecule has 0 saturated heterocycles. The minimum Gasteiger partial charge on any atom is -0.478 e. The predicted molar refractivity (Wildman–Crippen MR) is 118 cm³/mol. The Bertz CT molecular complexity index is 1210. The second kappa shape index (κ2) is 9.19. The van der Waals surface area contributed by atoms with E-state index in [-0.39, 0.29) is 22.3 Å². The average Bonchev–Trinajstić information content (AvgIpc) is 3.06. The van der Waals surface area contributed by atoms with E-state index in [0.717, 1.165) is 24.3 Å². The Labute approximate surface area is 191 Å². The number of amides is 1. The Kier molecular flexibility index (Phi) is 6.73. The molecule has 0 saturated carbocycles. The van der Waals surface area contributed by atoms with Crippen LogP contribution < -0.4 is 5.32 Å². The third-order valence-electron chi connectivity index (χ3n) is 5.19. The Balaban J connectivity index is 1.88. The van der Waals surface area contributed by atoms with E-state index >= 15 is 0 Å². The van der Waals surface area contributed by atoms with E-state index in [1.54, 1.807) is 32.9 Å². The van der Waals surface area contributed by atoms with Gasteiger partial charge in [0, 0.05) is 20.9 Å². The van der Waals surface area contributed by atoms with Crippen LogP contribution in [0.1, 0.15) is 70.5 Å². The van der Waals surface area contributed by atoms with E-state index in [9.17, 15) is 27.6 Å². The lowest BCUT2D eigenvalue weighted by Crippen LogP contribution is -2.28. The number of carboxylic acid groups (broad SMARTS) is 1. The van der Waals surface area contributed by atoms with Gasteiger partial charge in [-0.05, 0) is 50.6 Å². The van der Waals surface area contributed by atoms with E-state index in [0.29, 0.717) is 15.3 Å². The number of hydrogen-bond donors (Lipinski definition) is 2. The van der Waals surface area contributed by atoms with Crippen LogP contribution in [0.15, 0.2) is 48.5 Å². The first-order valence-corrected chi connectivity index (χ1v) is 10.7. The summed E-state index contributed by atoms with van der Waals surface area (Å²) in [6.45, 7) is 5.10. The Morgan fingerprint density at radius 2 is 1.39 bits per heavy atom. The number of ketones is 1. The third-order valence-corrected chi connectivity index (χ3v) is 6.21. The zero-order valence-electron chi connectivity index (χ0n) is 17.9. The zero-order valence-corrected chi connectivity index (χ0v) is 18.7. The van der Waals surface area contributed by atoms with Gasteiger partial charge in [-0.15, -0.1) is 11.3 Å². The highest BCUT2D eigenvalue weighted by atomic mass is 32.1. The molecular weight excluding hydrogens is 455 g/mol. The molecule has 1 atom stereocenters. The van der Waals surface area contributed by atoms with Crippen LogP contribution in [0.4, 0.5) is 13.2 Å². The van der Waals surface area contributed by atoms with E-state index in [1.165, 1.54) is 23.5 Å². The molecule has 2 N–H and O–H groups in total. The standard InChI is InChI=1S/C24H20F3NO4S/c1-12(15-4-6-17(7-5-15)23(31)32)28-22(30)20-14(3)33-13(2)19(20)21(29)16-8-10-18(11-9-16)24(25,26)27/h4-12H,1-3H3,(H,28,30)(H,31,32). The second-order valence-corrected chi connectivity index (χ2v) is 8.92. The van der Waals surface area contributed by atoms with Gasteiger partial charge in [0.05, 0.1) is 22.7 Å². The Morgan fingerprint density at radius 3 is 1.91 bits per heavy atom. The lowest BCUT2D eigenvalue weighted by molar-refractivity contribution is -0.137. The SMILES string of the molecule is Cc1sc(C)c(C(=O)c2ccc(C(F)(F)F)cc2)c1C(=O)NC(C)c1ccc(C(=O)O)cc1. The highest BCUT2D eigenvalue weighted by Gasteiger charge is 2.31. The van der Waals surface area contributed by atoms with Gasteiger partial charge >= 0.3 is 12.1 Å². The predicted octanol–water partition coefficient (Wildman–Crippen LogP) is 5.80. The van der Waals surface area contributed by atoms with Crippen molar-refractivity contribution in [2.24, 2.45) is 0 Å². The highest BCUT2D eigenvalue weighted by Crippen LogP contribution is 2.32. The number of benzene rings is 2. The van der Waals surface area contributed by atoms with Gasteiger partial charge in [0.15, 0.2) is 5.78 Å². The first kappa shape index (κ1) is 24.2. The summed E-state index contributed by atoms with van der Waals surface area (Å²) in [5.74, 6) is -2.09. The second-order valence-electron chi connectivity index (χ2n) is 7.49. The molecule has 33 heavy (non-hydrogen) atoms. The van der Waals surface area contributed by atoms with Crippen LogP contribution in [0.25, 0.3) is 0 Å². The van der Waals surface area contributed by atoms with Crippen molar-refractivity contribution in [2.45, 2.75) is 33.0 Å². The Hall–Kier alpha value is -3.46. The molecule has 2 aromatic carbocycles. The molecular formula is C24H20F3NO4S.